The Morgan fingerprint density at radius 2 is 1.97 bits per heavy atom. The molecule has 1 aliphatic carbocycles. The van der Waals surface area contributed by atoms with Gasteiger partial charge in [0.2, 0.25) is 5.91 Å². The van der Waals surface area contributed by atoms with Crippen molar-refractivity contribution in [2.75, 3.05) is 19.4 Å². The van der Waals surface area contributed by atoms with E-state index in [2.05, 4.69) is 25.3 Å². The molecule has 33 heavy (non-hydrogen) atoms. The first kappa shape index (κ1) is 20.7. The standard InChI is InChI=1S/C24H23N7O2/c1-4-19(32)28-18-9-8-13(11-25-18)14-10-16-21(30-22(16)26-12-14)23-27-17-7-5-6-15(20(17)29-23)24(33)31(2)3/h6,8-12H,4-5,7H2,1-3H3,(H,27,29)(H,25,28,32). The molecular formula is C24H23N7O2. The molecule has 0 bridgehead atoms. The molecule has 0 spiro atoms. The van der Waals surface area contributed by atoms with Gasteiger partial charge in [-0.2, -0.15) is 0 Å². The first-order valence-electron chi connectivity index (χ1n) is 10.8. The lowest BCUT2D eigenvalue weighted by Crippen LogP contribution is -2.24. The average molecular weight is 441 g/mol. The Hall–Kier alpha value is -4.14. The molecule has 9 nitrogen and oxygen atoms in total. The molecule has 4 heterocycles. The SMILES string of the molecule is CCC(=O)Nc1ccc(-c2cnc3c(c2)C(c2nc4c([nH]2)CCC=C4C(=O)N(C)C)=N3)cn1. The quantitative estimate of drug-likeness (QED) is 0.494. The second kappa shape index (κ2) is 8.09. The van der Waals surface area contributed by atoms with Crippen molar-refractivity contribution in [1.29, 1.82) is 0 Å². The molecular weight excluding hydrogens is 418 g/mol. The van der Waals surface area contributed by atoms with E-state index in [0.717, 1.165) is 40.9 Å². The first-order chi connectivity index (χ1) is 15.9. The van der Waals surface area contributed by atoms with E-state index in [4.69, 9.17) is 4.98 Å². The molecule has 0 aromatic carbocycles. The zero-order chi connectivity index (χ0) is 23.1. The van der Waals surface area contributed by atoms with Gasteiger partial charge in [0, 0.05) is 55.3 Å². The third-order valence-corrected chi connectivity index (χ3v) is 5.66. The van der Waals surface area contributed by atoms with Crippen LogP contribution in [0.25, 0.3) is 16.7 Å². The summed E-state index contributed by atoms with van der Waals surface area (Å²) in [5.74, 6) is 1.68. The summed E-state index contributed by atoms with van der Waals surface area (Å²) >= 11 is 0. The van der Waals surface area contributed by atoms with Gasteiger partial charge in [-0.25, -0.2) is 19.9 Å². The van der Waals surface area contributed by atoms with Crippen molar-refractivity contribution in [1.82, 2.24) is 24.8 Å². The smallest absolute Gasteiger partial charge is 0.255 e. The van der Waals surface area contributed by atoms with Crippen LogP contribution in [0.2, 0.25) is 0 Å². The molecule has 2 amide bonds. The highest BCUT2D eigenvalue weighted by Gasteiger charge is 2.29. The number of likely N-dealkylation sites (N-methyl/N-ethyl adjacent to an activating group) is 1. The maximum Gasteiger partial charge on any atom is 0.255 e. The van der Waals surface area contributed by atoms with Gasteiger partial charge in [-0.3, -0.25) is 9.59 Å². The van der Waals surface area contributed by atoms with Crippen molar-refractivity contribution < 1.29 is 9.59 Å². The lowest BCUT2D eigenvalue weighted by atomic mass is 9.99. The van der Waals surface area contributed by atoms with Crippen molar-refractivity contribution in [2.45, 2.75) is 26.2 Å². The zero-order valence-electron chi connectivity index (χ0n) is 18.6. The van der Waals surface area contributed by atoms with E-state index < -0.39 is 0 Å². The number of aliphatic imine (C=N–C) groups is 1. The monoisotopic (exact) mass is 441 g/mol. The van der Waals surface area contributed by atoms with Gasteiger partial charge in [0.25, 0.3) is 5.91 Å². The third-order valence-electron chi connectivity index (χ3n) is 5.66. The highest BCUT2D eigenvalue weighted by molar-refractivity contribution is 6.22. The van der Waals surface area contributed by atoms with E-state index in [1.54, 1.807) is 44.4 Å². The van der Waals surface area contributed by atoms with E-state index >= 15 is 0 Å². The van der Waals surface area contributed by atoms with Crippen molar-refractivity contribution >= 4 is 34.7 Å². The number of pyridine rings is 2. The number of hydrogen-bond donors (Lipinski definition) is 2. The number of anilines is 1. The number of H-pyrrole nitrogens is 1. The predicted molar refractivity (Wildman–Crippen MR) is 125 cm³/mol. The number of hydrogen-bond acceptors (Lipinski definition) is 6. The Balaban J connectivity index is 1.41. The lowest BCUT2D eigenvalue weighted by Gasteiger charge is -2.17. The molecule has 9 heteroatoms. The topological polar surface area (TPSA) is 116 Å². The largest absolute Gasteiger partial charge is 0.345 e. The van der Waals surface area contributed by atoms with Gasteiger partial charge in [-0.05, 0) is 31.0 Å². The zero-order valence-corrected chi connectivity index (χ0v) is 18.6. The summed E-state index contributed by atoms with van der Waals surface area (Å²) in [6.45, 7) is 1.79. The van der Waals surface area contributed by atoms with Crippen LogP contribution in [0.5, 0.6) is 0 Å². The Morgan fingerprint density at radius 1 is 1.15 bits per heavy atom. The number of rotatable bonds is 5. The molecule has 3 aromatic rings. The van der Waals surface area contributed by atoms with E-state index in [9.17, 15) is 9.59 Å². The molecule has 0 unspecified atom stereocenters. The summed E-state index contributed by atoms with van der Waals surface area (Å²) in [6, 6.07) is 5.68. The Bertz CT molecular complexity index is 1330. The third kappa shape index (κ3) is 3.71. The highest BCUT2D eigenvalue weighted by atomic mass is 16.2. The molecule has 166 valence electrons. The fourth-order valence-corrected chi connectivity index (χ4v) is 3.85. The van der Waals surface area contributed by atoms with E-state index in [1.807, 2.05) is 18.2 Å². The second-order valence-corrected chi connectivity index (χ2v) is 8.16. The maximum absolute atomic E-state index is 12.6. The van der Waals surface area contributed by atoms with Gasteiger partial charge < -0.3 is 15.2 Å². The fraction of sp³-hybridized carbons (Fsp3) is 0.250. The molecule has 0 saturated carbocycles. The number of amides is 2. The predicted octanol–water partition coefficient (Wildman–Crippen LogP) is 3.12. The van der Waals surface area contributed by atoms with Crippen LogP contribution in [0.15, 0.2) is 41.7 Å². The van der Waals surface area contributed by atoms with Crippen molar-refractivity contribution in [3.8, 4) is 11.1 Å². The maximum atomic E-state index is 12.6. The Labute approximate surface area is 190 Å². The molecule has 0 fully saturated rings. The number of nitrogens with zero attached hydrogens (tertiary/aromatic N) is 5. The van der Waals surface area contributed by atoms with Crippen LogP contribution in [0.1, 0.15) is 42.5 Å². The number of aromatic amines is 1. The van der Waals surface area contributed by atoms with Crippen molar-refractivity contribution in [2.24, 2.45) is 4.99 Å². The number of nitrogens with one attached hydrogen (secondary N) is 2. The van der Waals surface area contributed by atoms with Gasteiger partial charge in [0.15, 0.2) is 11.6 Å². The molecule has 1 aliphatic heterocycles. The van der Waals surface area contributed by atoms with Crippen LogP contribution in [0, 0.1) is 0 Å². The number of aryl methyl sites for hydroxylation is 1. The van der Waals surface area contributed by atoms with Gasteiger partial charge >= 0.3 is 0 Å². The van der Waals surface area contributed by atoms with Gasteiger partial charge in [-0.15, -0.1) is 0 Å². The summed E-state index contributed by atoms with van der Waals surface area (Å²) in [5, 5.41) is 2.74. The van der Waals surface area contributed by atoms with E-state index in [0.29, 0.717) is 35.1 Å². The van der Waals surface area contributed by atoms with Crippen molar-refractivity contribution in [3.63, 3.8) is 0 Å². The van der Waals surface area contributed by atoms with Crippen LogP contribution in [0.3, 0.4) is 0 Å². The summed E-state index contributed by atoms with van der Waals surface area (Å²) in [5.41, 5.74) is 5.66. The molecule has 5 rings (SSSR count). The highest BCUT2D eigenvalue weighted by Crippen LogP contribution is 2.35. The summed E-state index contributed by atoms with van der Waals surface area (Å²) < 4.78 is 0. The number of allylic oxidation sites excluding steroid dienone is 1. The summed E-state index contributed by atoms with van der Waals surface area (Å²) in [7, 11) is 3.48. The number of carbonyl (C=O) groups is 2. The fourth-order valence-electron chi connectivity index (χ4n) is 3.85. The molecule has 0 radical (unpaired) electrons. The molecule has 0 saturated heterocycles. The van der Waals surface area contributed by atoms with Crippen LogP contribution >= 0.6 is 0 Å². The Kier molecular flexibility index (Phi) is 5.08. The summed E-state index contributed by atoms with van der Waals surface area (Å²) in [4.78, 5) is 47.1. The minimum Gasteiger partial charge on any atom is -0.345 e. The van der Waals surface area contributed by atoms with Crippen LogP contribution in [-0.4, -0.2) is 56.5 Å². The van der Waals surface area contributed by atoms with Crippen LogP contribution in [-0.2, 0) is 16.0 Å². The van der Waals surface area contributed by atoms with Crippen LogP contribution in [0.4, 0.5) is 11.6 Å². The van der Waals surface area contributed by atoms with E-state index in [1.165, 1.54) is 0 Å². The van der Waals surface area contributed by atoms with Crippen LogP contribution < -0.4 is 5.32 Å². The van der Waals surface area contributed by atoms with Crippen molar-refractivity contribution in [3.05, 3.63) is 59.4 Å². The lowest BCUT2D eigenvalue weighted by molar-refractivity contribution is -0.122. The molecule has 2 N–H and O–H groups in total. The summed E-state index contributed by atoms with van der Waals surface area (Å²) in [6.07, 6.45) is 7.41. The number of aromatic nitrogens is 4. The molecule has 3 aromatic heterocycles. The Morgan fingerprint density at radius 3 is 2.70 bits per heavy atom. The molecule has 2 aliphatic rings. The second-order valence-electron chi connectivity index (χ2n) is 8.16. The van der Waals surface area contributed by atoms with Gasteiger partial charge in [0.1, 0.15) is 11.5 Å². The molecule has 0 atom stereocenters. The first-order valence-corrected chi connectivity index (χ1v) is 10.8. The number of fused-ring (bicyclic) bond motifs is 2. The minimum atomic E-state index is -0.0785. The van der Waals surface area contributed by atoms with Gasteiger partial charge in [0.05, 0.1) is 11.3 Å². The number of carbonyl (C=O) groups excluding carboxylic acids is 2. The number of imidazole rings is 1. The minimum absolute atomic E-state index is 0.0556. The average Bonchev–Trinajstić information content (AvgIpc) is 3.23. The van der Waals surface area contributed by atoms with E-state index in [-0.39, 0.29) is 11.8 Å². The van der Waals surface area contributed by atoms with Gasteiger partial charge in [-0.1, -0.05) is 13.0 Å². The normalized spacial score (nSPS) is 13.8.